The number of amides is 1. The van der Waals surface area contributed by atoms with Crippen LogP contribution in [0.1, 0.15) is 21.5 Å². The van der Waals surface area contributed by atoms with Gasteiger partial charge in [-0.15, -0.1) is 0 Å². The molecule has 1 aromatic rings. The number of amidine groups is 1. The van der Waals surface area contributed by atoms with Crippen LogP contribution in [0.3, 0.4) is 0 Å². The molecule has 1 heterocycles. The second-order valence-corrected chi connectivity index (χ2v) is 4.89. The predicted octanol–water partition coefficient (Wildman–Crippen LogP) is 2.14. The number of thioether (sulfide) groups is 1. The molecule has 0 radical (unpaired) electrons. The van der Waals surface area contributed by atoms with Crippen molar-refractivity contribution in [3.63, 3.8) is 0 Å². The van der Waals surface area contributed by atoms with Gasteiger partial charge in [-0.05, 0) is 25.5 Å². The van der Waals surface area contributed by atoms with Crippen LogP contribution in [-0.2, 0) is 0 Å². The van der Waals surface area contributed by atoms with Gasteiger partial charge in [0.2, 0.25) is 0 Å². The summed E-state index contributed by atoms with van der Waals surface area (Å²) in [6.07, 6.45) is 0. The Hall–Kier alpha value is -1.29. The summed E-state index contributed by atoms with van der Waals surface area (Å²) in [5.41, 5.74) is 2.82. The van der Waals surface area contributed by atoms with E-state index in [2.05, 4.69) is 10.3 Å². The lowest BCUT2D eigenvalue weighted by atomic mass is 10.1. The predicted molar refractivity (Wildman–Crippen MR) is 68.1 cm³/mol. The Balaban J connectivity index is 2.16. The third-order valence-electron chi connectivity index (χ3n) is 2.44. The van der Waals surface area contributed by atoms with Crippen LogP contribution in [0, 0.1) is 13.8 Å². The molecular weight excluding hydrogens is 220 g/mol. The normalized spacial score (nSPS) is 14.8. The molecule has 0 spiro atoms. The Labute approximate surface area is 99.3 Å². The van der Waals surface area contributed by atoms with Crippen LogP contribution in [0.5, 0.6) is 0 Å². The lowest BCUT2D eigenvalue weighted by Gasteiger charge is -2.07. The fourth-order valence-corrected chi connectivity index (χ4v) is 2.28. The maximum absolute atomic E-state index is 12.0. The highest BCUT2D eigenvalue weighted by atomic mass is 32.2. The van der Waals surface area contributed by atoms with E-state index >= 15 is 0 Å². The molecule has 0 bridgehead atoms. The van der Waals surface area contributed by atoms with E-state index in [1.807, 2.05) is 32.0 Å². The molecule has 1 aliphatic rings. The molecule has 0 saturated carbocycles. The summed E-state index contributed by atoms with van der Waals surface area (Å²) in [5.74, 6) is 0.900. The molecule has 0 atom stereocenters. The van der Waals surface area contributed by atoms with Crippen molar-refractivity contribution in [3.8, 4) is 0 Å². The molecule has 0 fully saturated rings. The molecule has 1 aliphatic heterocycles. The summed E-state index contributed by atoms with van der Waals surface area (Å²) >= 11 is 1.59. The molecule has 2 rings (SSSR count). The van der Waals surface area contributed by atoms with Crippen molar-refractivity contribution in [2.75, 3.05) is 12.3 Å². The van der Waals surface area contributed by atoms with Crippen LogP contribution in [0.2, 0.25) is 0 Å². The summed E-state index contributed by atoms with van der Waals surface area (Å²) in [6, 6.07) is 5.88. The summed E-state index contributed by atoms with van der Waals surface area (Å²) < 4.78 is 0. The number of carbonyl (C=O) groups is 1. The molecule has 0 aromatic heterocycles. The quantitative estimate of drug-likeness (QED) is 0.808. The zero-order valence-corrected chi connectivity index (χ0v) is 10.2. The van der Waals surface area contributed by atoms with E-state index < -0.39 is 0 Å². The summed E-state index contributed by atoms with van der Waals surface area (Å²) in [7, 11) is 0. The highest BCUT2D eigenvalue weighted by molar-refractivity contribution is 8.14. The Morgan fingerprint density at radius 1 is 1.44 bits per heavy atom. The lowest BCUT2D eigenvalue weighted by molar-refractivity contribution is 0.0977. The molecule has 1 N–H and O–H groups in total. The molecule has 84 valence electrons. The third-order valence-corrected chi connectivity index (χ3v) is 3.33. The van der Waals surface area contributed by atoms with E-state index in [1.165, 1.54) is 0 Å². The highest BCUT2D eigenvalue weighted by Crippen LogP contribution is 2.13. The van der Waals surface area contributed by atoms with Gasteiger partial charge >= 0.3 is 0 Å². The maximum atomic E-state index is 12.0. The summed E-state index contributed by atoms with van der Waals surface area (Å²) in [6.45, 7) is 4.73. The van der Waals surface area contributed by atoms with E-state index in [0.717, 1.165) is 34.2 Å². The molecule has 4 heteroatoms. The van der Waals surface area contributed by atoms with Gasteiger partial charge < -0.3 is 5.32 Å². The second-order valence-electron chi connectivity index (χ2n) is 3.81. The zero-order valence-electron chi connectivity index (χ0n) is 9.41. The average molecular weight is 234 g/mol. The Bertz CT molecular complexity index is 454. The van der Waals surface area contributed by atoms with Crippen LogP contribution < -0.4 is 5.32 Å². The molecular formula is C12H14N2OS. The van der Waals surface area contributed by atoms with Crippen molar-refractivity contribution in [2.45, 2.75) is 13.8 Å². The Kier molecular flexibility index (Phi) is 3.29. The first-order valence-electron chi connectivity index (χ1n) is 5.22. The smallest absolute Gasteiger partial charge is 0.257 e. The molecule has 16 heavy (non-hydrogen) atoms. The van der Waals surface area contributed by atoms with Crippen LogP contribution in [0.25, 0.3) is 0 Å². The van der Waals surface area contributed by atoms with Gasteiger partial charge in [-0.25, -0.2) is 0 Å². The summed E-state index contributed by atoms with van der Waals surface area (Å²) in [4.78, 5) is 16.2. The van der Waals surface area contributed by atoms with E-state index in [4.69, 9.17) is 0 Å². The number of aliphatic imine (C=N–C) groups is 1. The van der Waals surface area contributed by atoms with Gasteiger partial charge in [-0.3, -0.25) is 9.79 Å². The first-order chi connectivity index (χ1) is 7.66. The van der Waals surface area contributed by atoms with Crippen molar-refractivity contribution < 1.29 is 4.79 Å². The van der Waals surface area contributed by atoms with Crippen molar-refractivity contribution >= 4 is 22.8 Å². The largest absolute Gasteiger partial charge is 0.301 e. The number of nitrogens with zero attached hydrogens (tertiary/aromatic N) is 1. The van der Waals surface area contributed by atoms with Gasteiger partial charge in [-0.1, -0.05) is 29.5 Å². The number of benzene rings is 1. The molecule has 1 aromatic carbocycles. The Morgan fingerprint density at radius 3 is 2.94 bits per heavy atom. The second kappa shape index (κ2) is 4.70. The number of rotatable bonds is 1. The van der Waals surface area contributed by atoms with Gasteiger partial charge in [0.25, 0.3) is 5.91 Å². The van der Waals surface area contributed by atoms with E-state index in [1.54, 1.807) is 11.8 Å². The number of nitrogens with one attached hydrogen (secondary N) is 1. The van der Waals surface area contributed by atoms with Crippen LogP contribution in [0.15, 0.2) is 23.2 Å². The lowest BCUT2D eigenvalue weighted by Crippen LogP contribution is -2.28. The van der Waals surface area contributed by atoms with Gasteiger partial charge in [0, 0.05) is 11.3 Å². The SMILES string of the molecule is Cc1ccc(C)c(C(=O)NC2=NCCS2)c1. The average Bonchev–Trinajstić information content (AvgIpc) is 2.74. The van der Waals surface area contributed by atoms with E-state index in [-0.39, 0.29) is 5.91 Å². The standard InChI is InChI=1S/C12H14N2OS/c1-8-3-4-9(2)10(7-8)11(15)14-12-13-5-6-16-12/h3-4,7H,5-6H2,1-2H3,(H,13,14,15). The first-order valence-corrected chi connectivity index (χ1v) is 6.21. The number of hydrogen-bond donors (Lipinski definition) is 1. The Morgan fingerprint density at radius 2 is 2.25 bits per heavy atom. The van der Waals surface area contributed by atoms with E-state index in [9.17, 15) is 4.79 Å². The molecule has 0 unspecified atom stereocenters. The number of hydrogen-bond acceptors (Lipinski definition) is 3. The third kappa shape index (κ3) is 2.44. The fourth-order valence-electron chi connectivity index (χ4n) is 1.56. The molecule has 0 aliphatic carbocycles. The molecule has 1 amide bonds. The van der Waals surface area contributed by atoms with Gasteiger partial charge in [-0.2, -0.15) is 0 Å². The minimum atomic E-state index is -0.0608. The highest BCUT2D eigenvalue weighted by Gasteiger charge is 2.14. The first kappa shape index (κ1) is 11.2. The van der Waals surface area contributed by atoms with Gasteiger partial charge in [0.15, 0.2) is 5.17 Å². The van der Waals surface area contributed by atoms with Gasteiger partial charge in [0.1, 0.15) is 0 Å². The van der Waals surface area contributed by atoms with Crippen molar-refractivity contribution in [1.29, 1.82) is 0 Å². The monoisotopic (exact) mass is 234 g/mol. The van der Waals surface area contributed by atoms with E-state index in [0.29, 0.717) is 0 Å². The minimum Gasteiger partial charge on any atom is -0.301 e. The van der Waals surface area contributed by atoms with Crippen molar-refractivity contribution in [2.24, 2.45) is 4.99 Å². The maximum Gasteiger partial charge on any atom is 0.257 e. The van der Waals surface area contributed by atoms with Crippen LogP contribution >= 0.6 is 11.8 Å². The minimum absolute atomic E-state index is 0.0608. The topological polar surface area (TPSA) is 41.5 Å². The van der Waals surface area contributed by atoms with Crippen molar-refractivity contribution in [1.82, 2.24) is 5.32 Å². The van der Waals surface area contributed by atoms with Gasteiger partial charge in [0.05, 0.1) is 6.54 Å². The number of carbonyl (C=O) groups excluding carboxylic acids is 1. The van der Waals surface area contributed by atoms with Crippen LogP contribution in [0.4, 0.5) is 0 Å². The van der Waals surface area contributed by atoms with Crippen LogP contribution in [-0.4, -0.2) is 23.4 Å². The molecule has 3 nitrogen and oxygen atoms in total. The number of aryl methyl sites for hydroxylation is 2. The summed E-state index contributed by atoms with van der Waals surface area (Å²) in [5, 5.41) is 3.58. The zero-order chi connectivity index (χ0) is 11.5. The van der Waals surface area contributed by atoms with Crippen molar-refractivity contribution in [3.05, 3.63) is 34.9 Å². The molecule has 0 saturated heterocycles. The fraction of sp³-hybridized carbons (Fsp3) is 0.333.